The van der Waals surface area contributed by atoms with Gasteiger partial charge in [-0.25, -0.2) is 0 Å². The fourth-order valence-corrected chi connectivity index (χ4v) is 3.15. The maximum atomic E-state index is 12.4. The molecule has 1 aliphatic rings. The summed E-state index contributed by atoms with van der Waals surface area (Å²) in [6, 6.07) is 10.9. The summed E-state index contributed by atoms with van der Waals surface area (Å²) in [6.07, 6.45) is 1.97. The number of hydrogen-bond acceptors (Lipinski definition) is 5. The Kier molecular flexibility index (Phi) is 6.49. The summed E-state index contributed by atoms with van der Waals surface area (Å²) >= 11 is 0. The summed E-state index contributed by atoms with van der Waals surface area (Å²) in [6.45, 7) is 4.10. The first-order valence-electron chi connectivity index (χ1n) is 9.11. The number of rotatable bonds is 7. The normalized spacial score (nSPS) is 14.8. The van der Waals surface area contributed by atoms with Crippen molar-refractivity contribution in [1.82, 2.24) is 15.1 Å². The van der Waals surface area contributed by atoms with Crippen LogP contribution in [0.25, 0.3) is 0 Å². The molecule has 2 heterocycles. The number of hydrogen-bond donors (Lipinski definition) is 1. The predicted molar refractivity (Wildman–Crippen MR) is 101 cm³/mol. The van der Waals surface area contributed by atoms with Gasteiger partial charge < -0.3 is 19.4 Å². The Morgan fingerprint density at radius 2 is 1.89 bits per heavy atom. The molecule has 1 saturated heterocycles. The molecule has 7 nitrogen and oxygen atoms in total. The minimum atomic E-state index is -0.233. The number of piperazine rings is 1. The van der Waals surface area contributed by atoms with Crippen LogP contribution in [0, 0.1) is 0 Å². The first-order chi connectivity index (χ1) is 13.2. The molecule has 0 unspecified atom stereocenters. The Labute approximate surface area is 158 Å². The molecule has 2 amide bonds. The summed E-state index contributed by atoms with van der Waals surface area (Å²) in [7, 11) is 1.53. The van der Waals surface area contributed by atoms with Gasteiger partial charge in [-0.2, -0.15) is 0 Å². The average molecular weight is 371 g/mol. The van der Waals surface area contributed by atoms with Gasteiger partial charge in [0.15, 0.2) is 0 Å². The molecule has 1 aromatic carbocycles. The molecular weight excluding hydrogens is 346 g/mol. The number of nitrogens with one attached hydrogen (secondary N) is 1. The second kappa shape index (κ2) is 9.23. The van der Waals surface area contributed by atoms with Gasteiger partial charge in [-0.05, 0) is 24.3 Å². The molecule has 0 saturated carbocycles. The molecule has 0 atom stereocenters. The van der Waals surface area contributed by atoms with E-state index in [0.29, 0.717) is 37.4 Å². The topological polar surface area (TPSA) is 75.0 Å². The van der Waals surface area contributed by atoms with Crippen molar-refractivity contribution in [2.24, 2.45) is 0 Å². The van der Waals surface area contributed by atoms with Crippen LogP contribution < -0.4 is 10.1 Å². The average Bonchev–Trinajstić information content (AvgIpc) is 3.21. The molecule has 0 spiro atoms. The van der Waals surface area contributed by atoms with E-state index in [2.05, 4.69) is 10.2 Å². The van der Waals surface area contributed by atoms with Crippen molar-refractivity contribution in [3.8, 4) is 5.75 Å². The van der Waals surface area contributed by atoms with Crippen molar-refractivity contribution < 1.29 is 18.7 Å². The van der Waals surface area contributed by atoms with E-state index < -0.39 is 0 Å². The molecule has 0 radical (unpaired) electrons. The van der Waals surface area contributed by atoms with Crippen LogP contribution in [-0.4, -0.2) is 61.4 Å². The first-order valence-corrected chi connectivity index (χ1v) is 9.11. The van der Waals surface area contributed by atoms with Crippen LogP contribution in [0.4, 0.5) is 0 Å². The molecule has 7 heteroatoms. The Morgan fingerprint density at radius 3 is 2.59 bits per heavy atom. The molecule has 1 fully saturated rings. The van der Waals surface area contributed by atoms with Crippen LogP contribution in [0.15, 0.2) is 47.1 Å². The molecule has 1 aliphatic heterocycles. The summed E-state index contributed by atoms with van der Waals surface area (Å²) in [5, 5.41) is 2.79. The Morgan fingerprint density at radius 1 is 1.11 bits per heavy atom. The zero-order valence-electron chi connectivity index (χ0n) is 15.5. The zero-order chi connectivity index (χ0) is 19.1. The molecule has 3 rings (SSSR count). The predicted octanol–water partition coefficient (Wildman–Crippen LogP) is 1.75. The third kappa shape index (κ3) is 5.10. The van der Waals surface area contributed by atoms with E-state index in [1.54, 1.807) is 24.5 Å². The van der Waals surface area contributed by atoms with Crippen molar-refractivity contribution in [2.75, 3.05) is 39.8 Å². The number of para-hydroxylation sites is 1. The van der Waals surface area contributed by atoms with E-state index in [9.17, 15) is 9.59 Å². The third-order valence-corrected chi connectivity index (χ3v) is 4.66. The fourth-order valence-electron chi connectivity index (χ4n) is 3.15. The number of ether oxygens (including phenoxy) is 1. The summed E-state index contributed by atoms with van der Waals surface area (Å²) < 4.78 is 10.6. The van der Waals surface area contributed by atoms with E-state index in [0.717, 1.165) is 25.4 Å². The number of benzene rings is 1. The standard InChI is InChI=1S/C20H25N3O4/c1-26-18-7-3-2-6-17(18)20(25)21-9-8-19(24)23-12-10-22(11-13-23)15-16-5-4-14-27-16/h2-7,14H,8-13,15H2,1H3,(H,21,25). The van der Waals surface area contributed by atoms with Crippen LogP contribution in [0.3, 0.4) is 0 Å². The number of furan rings is 1. The largest absolute Gasteiger partial charge is 0.496 e. The van der Waals surface area contributed by atoms with Gasteiger partial charge in [0, 0.05) is 39.1 Å². The molecule has 144 valence electrons. The number of carbonyl (C=O) groups excluding carboxylic acids is 2. The molecule has 27 heavy (non-hydrogen) atoms. The second-order valence-corrected chi connectivity index (χ2v) is 6.44. The summed E-state index contributed by atoms with van der Waals surface area (Å²) in [5.74, 6) is 1.29. The van der Waals surface area contributed by atoms with Gasteiger partial charge in [-0.15, -0.1) is 0 Å². The summed E-state index contributed by atoms with van der Waals surface area (Å²) in [4.78, 5) is 28.7. The Balaban J connectivity index is 1.39. The Hall–Kier alpha value is -2.80. The molecule has 0 aliphatic carbocycles. The lowest BCUT2D eigenvalue weighted by molar-refractivity contribution is -0.132. The van der Waals surface area contributed by atoms with E-state index >= 15 is 0 Å². The quantitative estimate of drug-likeness (QED) is 0.803. The number of methoxy groups -OCH3 is 1. The minimum absolute atomic E-state index is 0.0629. The van der Waals surface area contributed by atoms with Crippen LogP contribution in [-0.2, 0) is 11.3 Å². The van der Waals surface area contributed by atoms with Crippen LogP contribution in [0.1, 0.15) is 22.5 Å². The highest BCUT2D eigenvalue weighted by molar-refractivity contribution is 5.97. The monoisotopic (exact) mass is 371 g/mol. The van der Waals surface area contributed by atoms with Crippen molar-refractivity contribution in [3.05, 3.63) is 54.0 Å². The number of carbonyl (C=O) groups is 2. The molecule has 2 aromatic rings. The van der Waals surface area contributed by atoms with Crippen molar-refractivity contribution in [3.63, 3.8) is 0 Å². The lowest BCUT2D eigenvalue weighted by Gasteiger charge is -2.34. The van der Waals surface area contributed by atoms with Crippen LogP contribution >= 0.6 is 0 Å². The zero-order valence-corrected chi connectivity index (χ0v) is 15.5. The molecule has 0 bridgehead atoms. The highest BCUT2D eigenvalue weighted by Crippen LogP contribution is 2.16. The Bertz CT molecular complexity index is 752. The minimum Gasteiger partial charge on any atom is -0.496 e. The number of nitrogens with zero attached hydrogens (tertiary/aromatic N) is 2. The smallest absolute Gasteiger partial charge is 0.255 e. The van der Waals surface area contributed by atoms with Crippen molar-refractivity contribution >= 4 is 11.8 Å². The van der Waals surface area contributed by atoms with Crippen molar-refractivity contribution in [2.45, 2.75) is 13.0 Å². The highest BCUT2D eigenvalue weighted by Gasteiger charge is 2.21. The van der Waals surface area contributed by atoms with Crippen LogP contribution in [0.5, 0.6) is 5.75 Å². The molecule has 1 N–H and O–H groups in total. The van der Waals surface area contributed by atoms with Gasteiger partial charge in [0.25, 0.3) is 5.91 Å². The lowest BCUT2D eigenvalue weighted by atomic mass is 10.2. The lowest BCUT2D eigenvalue weighted by Crippen LogP contribution is -2.48. The second-order valence-electron chi connectivity index (χ2n) is 6.44. The van der Waals surface area contributed by atoms with E-state index in [4.69, 9.17) is 9.15 Å². The van der Waals surface area contributed by atoms with Crippen molar-refractivity contribution in [1.29, 1.82) is 0 Å². The van der Waals surface area contributed by atoms with Gasteiger partial charge >= 0.3 is 0 Å². The van der Waals surface area contributed by atoms with E-state index in [1.807, 2.05) is 23.1 Å². The van der Waals surface area contributed by atoms with Gasteiger partial charge in [0.05, 0.1) is 25.5 Å². The van der Waals surface area contributed by atoms with E-state index in [1.165, 1.54) is 7.11 Å². The third-order valence-electron chi connectivity index (χ3n) is 4.66. The van der Waals surface area contributed by atoms with Gasteiger partial charge in [-0.1, -0.05) is 12.1 Å². The maximum Gasteiger partial charge on any atom is 0.255 e. The first kappa shape index (κ1) is 19.0. The van der Waals surface area contributed by atoms with Gasteiger partial charge in [-0.3, -0.25) is 14.5 Å². The molecule has 1 aromatic heterocycles. The fraction of sp³-hybridized carbons (Fsp3) is 0.400. The number of amides is 2. The molecular formula is C20H25N3O4. The van der Waals surface area contributed by atoms with Gasteiger partial charge in [0.1, 0.15) is 11.5 Å². The van der Waals surface area contributed by atoms with Crippen LogP contribution in [0.2, 0.25) is 0 Å². The highest BCUT2D eigenvalue weighted by atomic mass is 16.5. The summed E-state index contributed by atoms with van der Waals surface area (Å²) in [5.41, 5.74) is 0.471. The maximum absolute atomic E-state index is 12.4. The van der Waals surface area contributed by atoms with Gasteiger partial charge in [0.2, 0.25) is 5.91 Å². The SMILES string of the molecule is COc1ccccc1C(=O)NCCC(=O)N1CCN(Cc2ccco2)CC1. The van der Waals surface area contributed by atoms with E-state index in [-0.39, 0.29) is 11.8 Å².